The summed E-state index contributed by atoms with van der Waals surface area (Å²) >= 11 is 0. The lowest BCUT2D eigenvalue weighted by molar-refractivity contribution is -0.384. The number of benzene rings is 4. The zero-order valence-corrected chi connectivity index (χ0v) is 45.9. The van der Waals surface area contributed by atoms with Crippen LogP contribution in [0.1, 0.15) is 123 Å². The van der Waals surface area contributed by atoms with Crippen molar-refractivity contribution in [1.29, 1.82) is 0 Å². The summed E-state index contributed by atoms with van der Waals surface area (Å²) in [6, 6.07) is 26.6. The van der Waals surface area contributed by atoms with Crippen molar-refractivity contribution in [3.05, 3.63) is 135 Å². The molecule has 0 unspecified atom stereocenters. The molecule has 2 aliphatic carbocycles. The average molecular weight is 1080 g/mol. The molecule has 1 spiro atoms. The Hall–Kier alpha value is -6.73. The Bertz CT molecular complexity index is 3280. The van der Waals surface area contributed by atoms with Crippen LogP contribution < -0.4 is 29.1 Å². The first-order valence-electron chi connectivity index (χ1n) is 27.7. The van der Waals surface area contributed by atoms with Crippen LogP contribution in [0.5, 0.6) is 23.0 Å². The molecule has 2 aromatic heterocycles. The molecule has 1 atom stereocenters. The van der Waals surface area contributed by atoms with E-state index in [1.54, 1.807) is 37.7 Å². The number of aromatic amines is 1. The number of aromatic nitrogens is 2. The number of piperidine rings is 1. The summed E-state index contributed by atoms with van der Waals surface area (Å²) in [6.45, 7) is 12.9. The SMILES string of the molecule is COc1cc(CN2CCN(C3CC4(CCN(c5ccc(C(=O)NS(=O)(=O)c6ccc(NCC7CCC(C)(O)CC7)c([N+](=O)[O-])c6)c(Oc6cnc7[nH]ccc7c6)c5)CC4)C3)[C@H](c3ccccc3C(C)C)C2)cc2c1OCCC2. The van der Waals surface area contributed by atoms with E-state index >= 15 is 0 Å². The molecule has 3 aliphatic heterocycles. The summed E-state index contributed by atoms with van der Waals surface area (Å²) in [5.41, 5.74) is 6.05. The Labute approximate surface area is 456 Å². The molecule has 412 valence electrons. The molecule has 4 N–H and O–H groups in total. The quantitative estimate of drug-likeness (QED) is 0.0526. The van der Waals surface area contributed by atoms with Gasteiger partial charge in [-0.2, -0.15) is 0 Å². The molecule has 5 aliphatic rings. The number of nitrogens with one attached hydrogen (secondary N) is 3. The second kappa shape index (κ2) is 21.8. The van der Waals surface area contributed by atoms with E-state index in [-0.39, 0.29) is 34.4 Å². The molecule has 2 saturated carbocycles. The van der Waals surface area contributed by atoms with Crippen molar-refractivity contribution in [2.75, 3.05) is 63.2 Å². The molecule has 6 aromatic rings. The van der Waals surface area contributed by atoms with Crippen LogP contribution >= 0.6 is 0 Å². The maximum atomic E-state index is 14.2. The maximum Gasteiger partial charge on any atom is 0.293 e. The largest absolute Gasteiger partial charge is 0.493 e. The number of pyridine rings is 1. The van der Waals surface area contributed by atoms with Crippen LogP contribution in [0.3, 0.4) is 0 Å². The summed E-state index contributed by atoms with van der Waals surface area (Å²) < 4.78 is 48.2. The second-order valence-electron chi connectivity index (χ2n) is 23.1. The molecule has 0 bridgehead atoms. The number of nitro benzene ring substituents is 1. The summed E-state index contributed by atoms with van der Waals surface area (Å²) in [5.74, 6) is 1.86. The number of carbonyl (C=O) groups excluding carboxylic acids is 1. The Morgan fingerprint density at radius 3 is 2.54 bits per heavy atom. The van der Waals surface area contributed by atoms with Gasteiger partial charge < -0.3 is 34.5 Å². The number of aliphatic hydroxyl groups is 1. The van der Waals surface area contributed by atoms with Crippen molar-refractivity contribution in [2.45, 2.75) is 120 Å². The van der Waals surface area contributed by atoms with E-state index in [2.05, 4.69) is 85.0 Å². The smallest absolute Gasteiger partial charge is 0.293 e. The van der Waals surface area contributed by atoms with Gasteiger partial charge in [-0.25, -0.2) is 18.1 Å². The molecule has 11 rings (SSSR count). The van der Waals surface area contributed by atoms with E-state index < -0.39 is 37.0 Å². The van der Waals surface area contributed by atoms with Gasteiger partial charge in [0.1, 0.15) is 22.8 Å². The zero-order valence-electron chi connectivity index (χ0n) is 45.1. The number of sulfonamides is 1. The number of aryl methyl sites for hydroxylation is 1. The third-order valence-electron chi connectivity index (χ3n) is 17.4. The van der Waals surface area contributed by atoms with Crippen LogP contribution in [0.15, 0.2) is 102 Å². The number of rotatable bonds is 16. The first-order valence-corrected chi connectivity index (χ1v) is 29.2. The number of H-pyrrole nitrogens is 1. The maximum absolute atomic E-state index is 14.2. The van der Waals surface area contributed by atoms with Gasteiger partial charge in [0.2, 0.25) is 0 Å². The molecular formula is C60H72N8O9S. The third kappa shape index (κ3) is 11.3. The minimum absolute atomic E-state index is 0.0308. The fraction of sp³-hybridized carbons (Fsp3) is 0.467. The molecule has 5 heterocycles. The van der Waals surface area contributed by atoms with E-state index in [1.807, 2.05) is 19.1 Å². The van der Waals surface area contributed by atoms with Gasteiger partial charge in [0.25, 0.3) is 21.6 Å². The summed E-state index contributed by atoms with van der Waals surface area (Å²) in [5, 5.41) is 26.5. The van der Waals surface area contributed by atoms with Gasteiger partial charge >= 0.3 is 0 Å². The number of ether oxygens (including phenoxy) is 3. The predicted molar refractivity (Wildman–Crippen MR) is 300 cm³/mol. The van der Waals surface area contributed by atoms with Crippen LogP contribution in [0.4, 0.5) is 17.1 Å². The van der Waals surface area contributed by atoms with E-state index in [9.17, 15) is 28.4 Å². The predicted octanol–water partition coefficient (Wildman–Crippen LogP) is 10.5. The number of nitrogens with zero attached hydrogens (tertiary/aromatic N) is 5. The Morgan fingerprint density at radius 1 is 0.974 bits per heavy atom. The lowest BCUT2D eigenvalue weighted by Crippen LogP contribution is -2.60. The summed E-state index contributed by atoms with van der Waals surface area (Å²) in [4.78, 5) is 40.6. The average Bonchev–Trinajstić information content (AvgIpc) is 4.06. The number of amides is 1. The molecule has 17 nitrogen and oxygen atoms in total. The highest BCUT2D eigenvalue weighted by molar-refractivity contribution is 7.90. The highest BCUT2D eigenvalue weighted by Gasteiger charge is 2.50. The van der Waals surface area contributed by atoms with Gasteiger partial charge in [-0.15, -0.1) is 0 Å². The van der Waals surface area contributed by atoms with Crippen molar-refractivity contribution in [3.8, 4) is 23.0 Å². The molecule has 18 heteroatoms. The molecule has 0 radical (unpaired) electrons. The zero-order chi connectivity index (χ0) is 54.3. The van der Waals surface area contributed by atoms with E-state index in [1.165, 1.54) is 34.4 Å². The molecule has 2 saturated heterocycles. The number of nitro groups is 1. The van der Waals surface area contributed by atoms with Crippen LogP contribution in [0.2, 0.25) is 0 Å². The van der Waals surface area contributed by atoms with E-state index in [0.717, 1.165) is 126 Å². The van der Waals surface area contributed by atoms with Crippen LogP contribution in [-0.4, -0.2) is 109 Å². The van der Waals surface area contributed by atoms with Crippen molar-refractivity contribution in [2.24, 2.45) is 11.3 Å². The first kappa shape index (κ1) is 53.3. The van der Waals surface area contributed by atoms with E-state index in [4.69, 9.17) is 14.2 Å². The van der Waals surface area contributed by atoms with Gasteiger partial charge in [-0.3, -0.25) is 24.7 Å². The number of hydrogen-bond donors (Lipinski definition) is 4. The minimum atomic E-state index is -4.60. The molecular weight excluding hydrogens is 1010 g/mol. The van der Waals surface area contributed by atoms with E-state index in [0.29, 0.717) is 42.7 Å². The lowest BCUT2D eigenvalue weighted by Gasteiger charge is -2.58. The fourth-order valence-corrected chi connectivity index (χ4v) is 13.9. The van der Waals surface area contributed by atoms with Crippen LogP contribution in [-0.2, 0) is 23.0 Å². The molecule has 1 amide bonds. The second-order valence-corrected chi connectivity index (χ2v) is 24.8. The normalized spacial score (nSPS) is 21.9. The van der Waals surface area contributed by atoms with Crippen molar-refractivity contribution < 1.29 is 37.5 Å². The first-order chi connectivity index (χ1) is 37.5. The van der Waals surface area contributed by atoms with Crippen LogP contribution in [0, 0.1) is 21.4 Å². The Morgan fingerprint density at radius 2 is 1.77 bits per heavy atom. The Balaban J connectivity index is 0.779. The number of piperazine rings is 1. The monoisotopic (exact) mass is 1080 g/mol. The van der Waals surface area contributed by atoms with Crippen molar-refractivity contribution in [1.82, 2.24) is 24.5 Å². The van der Waals surface area contributed by atoms with Gasteiger partial charge in [-0.05, 0) is 153 Å². The van der Waals surface area contributed by atoms with Gasteiger partial charge in [0.15, 0.2) is 11.5 Å². The molecule has 78 heavy (non-hydrogen) atoms. The van der Waals surface area contributed by atoms with Crippen molar-refractivity contribution >= 4 is 44.0 Å². The van der Waals surface area contributed by atoms with Gasteiger partial charge in [0.05, 0.1) is 40.9 Å². The third-order valence-corrected chi connectivity index (χ3v) is 18.7. The number of carbonyl (C=O) groups is 1. The Kier molecular flexibility index (Phi) is 14.9. The fourth-order valence-electron chi connectivity index (χ4n) is 12.9. The number of hydrogen-bond acceptors (Lipinski definition) is 14. The topological polar surface area (TPSA) is 205 Å². The highest BCUT2D eigenvalue weighted by atomic mass is 32.2. The van der Waals surface area contributed by atoms with Gasteiger partial charge in [-0.1, -0.05) is 44.2 Å². The van der Waals surface area contributed by atoms with Crippen LogP contribution in [0.25, 0.3) is 11.0 Å². The molecule has 4 aromatic carbocycles. The van der Waals surface area contributed by atoms with Gasteiger partial charge in [0, 0.05) is 87.3 Å². The summed E-state index contributed by atoms with van der Waals surface area (Å²) in [6.07, 6.45) is 12.4. The summed E-state index contributed by atoms with van der Waals surface area (Å²) in [7, 11) is -2.87. The minimum Gasteiger partial charge on any atom is -0.493 e. The van der Waals surface area contributed by atoms with Crippen molar-refractivity contribution in [3.63, 3.8) is 0 Å². The standard InChI is InChI=1S/C60H72N8O9S/c1-39(2)48-9-5-6-10-49(48)53-38-65(37-41-28-42-8-7-27-76-56(42)55(29-41)75-4)25-26-67(53)45-33-60(34-45)20-23-66(24-21-60)44-11-13-50(54(31-44)77-46-30-43-17-22-61-57(43)63-36-46)58(69)64-78(73,74)47-12-14-51(52(32-47)68(71)72)62-35-40-15-18-59(3,70)19-16-40/h5-6,9-14,17,22,28-32,36,39-40,45,53,62,70H,7-8,15-16,18-21,23-27,33-35,37-38H2,1-4H3,(H,61,63)(H,64,69)/t40?,53-,59?/m0/s1. The number of fused-ring (bicyclic) bond motifs is 2. The number of methoxy groups -OCH3 is 1. The number of anilines is 2. The highest BCUT2D eigenvalue weighted by Crippen LogP contribution is 2.54. The molecule has 4 fully saturated rings. The lowest BCUT2D eigenvalue weighted by atomic mass is 9.59.